The molecule has 1 aliphatic carbocycles. The normalized spacial score (nSPS) is 18.2. The van der Waals surface area contributed by atoms with Gasteiger partial charge in [-0.05, 0) is 61.4 Å². The highest BCUT2D eigenvalue weighted by Gasteiger charge is 2.38. The Kier molecular flexibility index (Phi) is 6.19. The Morgan fingerprint density at radius 1 is 1.21 bits per heavy atom. The summed E-state index contributed by atoms with van der Waals surface area (Å²) in [5, 5.41) is 3.88. The molecular weight excluding hydrogens is 483 g/mol. The molecule has 1 saturated carbocycles. The molecule has 4 aromatic rings. The van der Waals surface area contributed by atoms with Crippen molar-refractivity contribution in [3.05, 3.63) is 83.4 Å². The number of nitrogens with two attached hydrogens (primary N) is 1. The number of aromatic nitrogens is 2. The van der Waals surface area contributed by atoms with Gasteiger partial charge < -0.3 is 20.5 Å². The molecule has 1 amide bonds. The smallest absolute Gasteiger partial charge is 0.251 e. The molecule has 8 heteroatoms. The Morgan fingerprint density at radius 2 is 2.03 bits per heavy atom. The van der Waals surface area contributed by atoms with E-state index >= 15 is 0 Å². The van der Waals surface area contributed by atoms with Crippen molar-refractivity contribution in [1.29, 1.82) is 0 Å². The average molecular weight is 513 g/mol. The fourth-order valence-corrected chi connectivity index (χ4v) is 4.74. The van der Waals surface area contributed by atoms with Gasteiger partial charge in [0.25, 0.3) is 5.91 Å². The Labute approximate surface area is 220 Å². The Morgan fingerprint density at radius 3 is 2.79 bits per heavy atom. The highest BCUT2D eigenvalue weighted by atomic mass is 19.1. The fraction of sp³-hybridized carbons (Fsp3) is 0.300. The third kappa shape index (κ3) is 4.67. The maximum Gasteiger partial charge on any atom is 0.251 e. The standard InChI is InChI=1S/C30H29FN4O3/c1-30(16-32)17-37-28-24(30)15-22(35-27(28)18-4-6-21(31)7-5-18)10-12-34-29(36)20-13-19-3-2-11-33-26(19)25(14-20)38-23-8-9-23/h2-7,11,13-15,23H,8-10,12,16-17,32H2,1H3,(H,34,36)/t30-/m0/s1. The predicted octanol–water partition coefficient (Wildman–Crippen LogP) is 4.56. The van der Waals surface area contributed by atoms with E-state index in [1.165, 1.54) is 12.1 Å². The van der Waals surface area contributed by atoms with Crippen LogP contribution in [0.4, 0.5) is 4.39 Å². The summed E-state index contributed by atoms with van der Waals surface area (Å²) in [6.45, 7) is 3.33. The van der Waals surface area contributed by atoms with Crippen molar-refractivity contribution in [3.63, 3.8) is 0 Å². The summed E-state index contributed by atoms with van der Waals surface area (Å²) in [5.74, 6) is 0.824. The highest BCUT2D eigenvalue weighted by molar-refractivity contribution is 5.99. The second kappa shape index (κ2) is 9.68. The molecule has 0 unspecified atom stereocenters. The predicted molar refractivity (Wildman–Crippen MR) is 143 cm³/mol. The van der Waals surface area contributed by atoms with Gasteiger partial charge in [0.15, 0.2) is 0 Å². The first kappa shape index (κ1) is 24.3. The average Bonchev–Trinajstić information content (AvgIpc) is 3.69. The number of pyridine rings is 2. The molecule has 3 N–H and O–H groups in total. The number of rotatable bonds is 8. The number of amides is 1. The van der Waals surface area contributed by atoms with Gasteiger partial charge in [-0.2, -0.15) is 0 Å². The monoisotopic (exact) mass is 512 g/mol. The molecule has 38 heavy (non-hydrogen) atoms. The summed E-state index contributed by atoms with van der Waals surface area (Å²) in [4.78, 5) is 22.4. The lowest BCUT2D eigenvalue weighted by atomic mass is 9.84. The van der Waals surface area contributed by atoms with E-state index in [2.05, 4.69) is 17.2 Å². The first-order chi connectivity index (χ1) is 18.4. The van der Waals surface area contributed by atoms with Gasteiger partial charge in [0.2, 0.25) is 0 Å². The molecule has 2 aromatic carbocycles. The zero-order valence-electron chi connectivity index (χ0n) is 21.2. The molecule has 0 radical (unpaired) electrons. The molecule has 7 nitrogen and oxygen atoms in total. The van der Waals surface area contributed by atoms with Gasteiger partial charge in [-0.15, -0.1) is 0 Å². The minimum absolute atomic E-state index is 0.188. The minimum Gasteiger partial charge on any atom is -0.490 e. The number of fused-ring (bicyclic) bond motifs is 2. The summed E-state index contributed by atoms with van der Waals surface area (Å²) in [5.41, 5.74) is 10.3. The number of nitrogens with zero attached hydrogens (tertiary/aromatic N) is 2. The van der Waals surface area contributed by atoms with Crippen LogP contribution in [0.15, 0.2) is 60.8 Å². The van der Waals surface area contributed by atoms with Crippen molar-refractivity contribution in [3.8, 4) is 22.8 Å². The second-order valence-electron chi connectivity index (χ2n) is 10.3. The van der Waals surface area contributed by atoms with Crippen LogP contribution in [-0.2, 0) is 11.8 Å². The molecule has 3 heterocycles. The molecule has 6 rings (SSSR count). The van der Waals surface area contributed by atoms with Gasteiger partial charge >= 0.3 is 0 Å². The molecule has 0 spiro atoms. The van der Waals surface area contributed by atoms with E-state index in [9.17, 15) is 9.18 Å². The maximum atomic E-state index is 13.6. The number of hydrogen-bond acceptors (Lipinski definition) is 6. The van der Waals surface area contributed by atoms with Crippen LogP contribution in [0.5, 0.6) is 11.5 Å². The van der Waals surface area contributed by atoms with E-state index in [1.54, 1.807) is 24.4 Å². The first-order valence-electron chi connectivity index (χ1n) is 12.9. The molecule has 1 atom stereocenters. The van der Waals surface area contributed by atoms with Gasteiger partial charge in [0.05, 0.1) is 12.7 Å². The van der Waals surface area contributed by atoms with Crippen LogP contribution in [0.1, 0.15) is 41.4 Å². The van der Waals surface area contributed by atoms with Crippen LogP contribution in [0.25, 0.3) is 22.2 Å². The lowest BCUT2D eigenvalue weighted by Crippen LogP contribution is -2.33. The van der Waals surface area contributed by atoms with E-state index in [0.29, 0.717) is 48.9 Å². The van der Waals surface area contributed by atoms with Crippen LogP contribution < -0.4 is 20.5 Å². The second-order valence-corrected chi connectivity index (χ2v) is 10.3. The molecule has 2 aliphatic rings. The fourth-order valence-electron chi connectivity index (χ4n) is 4.74. The third-order valence-corrected chi connectivity index (χ3v) is 7.20. The van der Waals surface area contributed by atoms with Crippen LogP contribution in [0.2, 0.25) is 0 Å². The lowest BCUT2D eigenvalue weighted by Gasteiger charge is -2.20. The molecule has 1 aliphatic heterocycles. The Balaban J connectivity index is 1.23. The quantitative estimate of drug-likeness (QED) is 0.359. The zero-order valence-corrected chi connectivity index (χ0v) is 21.2. The summed E-state index contributed by atoms with van der Waals surface area (Å²) < 4.78 is 25.6. The van der Waals surface area contributed by atoms with E-state index in [0.717, 1.165) is 40.6 Å². The Bertz CT molecular complexity index is 1520. The number of benzene rings is 2. The van der Waals surface area contributed by atoms with Gasteiger partial charge in [-0.1, -0.05) is 13.0 Å². The van der Waals surface area contributed by atoms with E-state index in [-0.39, 0.29) is 23.2 Å². The van der Waals surface area contributed by atoms with Crippen LogP contribution in [0, 0.1) is 5.82 Å². The summed E-state index contributed by atoms with van der Waals surface area (Å²) in [6, 6.07) is 15.6. The van der Waals surface area contributed by atoms with E-state index in [4.69, 9.17) is 20.2 Å². The van der Waals surface area contributed by atoms with Crippen molar-refractivity contribution >= 4 is 16.8 Å². The van der Waals surface area contributed by atoms with Gasteiger partial charge in [-0.25, -0.2) is 9.37 Å². The van der Waals surface area contributed by atoms with Gasteiger partial charge in [0, 0.05) is 58.9 Å². The van der Waals surface area contributed by atoms with E-state index < -0.39 is 0 Å². The SMILES string of the molecule is C[C@]1(CN)COc2c1cc(CCNC(=O)c1cc(OC3CC3)c3ncccc3c1)nc2-c1ccc(F)cc1. The molecular formula is C30H29FN4O3. The van der Waals surface area contributed by atoms with Crippen LogP contribution in [-0.4, -0.2) is 41.7 Å². The summed E-state index contributed by atoms with van der Waals surface area (Å²) >= 11 is 0. The third-order valence-electron chi connectivity index (χ3n) is 7.20. The van der Waals surface area contributed by atoms with Gasteiger partial charge in [-0.3, -0.25) is 9.78 Å². The largest absolute Gasteiger partial charge is 0.490 e. The number of ether oxygens (including phenoxy) is 2. The summed E-state index contributed by atoms with van der Waals surface area (Å²) in [7, 11) is 0. The van der Waals surface area contributed by atoms with Crippen molar-refractivity contribution in [2.75, 3.05) is 19.7 Å². The highest BCUT2D eigenvalue weighted by Crippen LogP contribution is 2.44. The van der Waals surface area contributed by atoms with Crippen molar-refractivity contribution in [2.45, 2.75) is 37.7 Å². The van der Waals surface area contributed by atoms with Gasteiger partial charge in [0.1, 0.15) is 28.5 Å². The van der Waals surface area contributed by atoms with E-state index in [1.807, 2.05) is 24.3 Å². The van der Waals surface area contributed by atoms with Crippen LogP contribution in [0.3, 0.4) is 0 Å². The molecule has 0 saturated heterocycles. The molecule has 0 bridgehead atoms. The number of halogens is 1. The van der Waals surface area contributed by atoms with Crippen molar-refractivity contribution in [1.82, 2.24) is 15.3 Å². The van der Waals surface area contributed by atoms with Crippen LogP contribution >= 0.6 is 0 Å². The molecule has 194 valence electrons. The molecule has 2 aromatic heterocycles. The van der Waals surface area contributed by atoms with Crippen molar-refractivity contribution < 1.29 is 18.7 Å². The topological polar surface area (TPSA) is 99.4 Å². The zero-order chi connectivity index (χ0) is 26.3. The minimum atomic E-state index is -0.345. The summed E-state index contributed by atoms with van der Waals surface area (Å²) in [6.07, 6.45) is 4.48. The lowest BCUT2D eigenvalue weighted by molar-refractivity contribution is 0.0953. The number of nitrogens with one attached hydrogen (secondary N) is 1. The van der Waals surface area contributed by atoms with Crippen molar-refractivity contribution in [2.24, 2.45) is 5.73 Å². The number of carbonyl (C=O) groups excluding carboxylic acids is 1. The maximum absolute atomic E-state index is 13.6. The number of carbonyl (C=O) groups is 1. The first-order valence-corrected chi connectivity index (χ1v) is 12.9. The Hall–Kier alpha value is -4.04. The number of hydrogen-bond donors (Lipinski definition) is 2. The molecule has 1 fully saturated rings.